The van der Waals surface area contributed by atoms with Crippen LogP contribution in [0.25, 0.3) is 11.3 Å². The normalized spacial score (nSPS) is 10.2. The van der Waals surface area contributed by atoms with Gasteiger partial charge in [-0.15, -0.1) is 5.10 Å². The van der Waals surface area contributed by atoms with Crippen LogP contribution in [-0.4, -0.2) is 18.3 Å². The van der Waals surface area contributed by atoms with Crippen molar-refractivity contribution in [2.75, 3.05) is 0 Å². The Balaban J connectivity index is 2.52. The van der Waals surface area contributed by atoms with Crippen molar-refractivity contribution in [2.24, 2.45) is 0 Å². The zero-order valence-corrected chi connectivity index (χ0v) is 8.71. The fourth-order valence-electron chi connectivity index (χ4n) is 1.06. The summed E-state index contributed by atoms with van der Waals surface area (Å²) in [7, 11) is 0. The molecular formula is C8H6IN3O. The van der Waals surface area contributed by atoms with E-state index in [9.17, 15) is 5.11 Å². The number of halogens is 1. The number of hydrogen-bond acceptors (Lipinski definition) is 3. The van der Waals surface area contributed by atoms with Gasteiger partial charge in [-0.25, -0.2) is 0 Å². The zero-order chi connectivity index (χ0) is 9.26. The van der Waals surface area contributed by atoms with Gasteiger partial charge in [0.05, 0.1) is 29.1 Å². The van der Waals surface area contributed by atoms with Crippen LogP contribution in [0.2, 0.25) is 0 Å². The lowest BCUT2D eigenvalue weighted by atomic mass is 10.1. The van der Waals surface area contributed by atoms with Crippen molar-refractivity contribution in [3.05, 3.63) is 30.5 Å². The molecule has 0 bridgehead atoms. The fraction of sp³-hybridized carbons (Fsp3) is 0. The monoisotopic (exact) mass is 287 g/mol. The second kappa shape index (κ2) is 3.33. The summed E-state index contributed by atoms with van der Waals surface area (Å²) >= 11 is 2.00. The van der Waals surface area contributed by atoms with Gasteiger partial charge in [0.2, 0.25) is 0 Å². The van der Waals surface area contributed by atoms with Crippen LogP contribution in [0.15, 0.2) is 30.5 Å². The van der Waals surface area contributed by atoms with Crippen LogP contribution in [0.1, 0.15) is 0 Å². The maximum Gasteiger partial charge on any atom is 0.125 e. The minimum Gasteiger partial charge on any atom is -0.507 e. The Hall–Kier alpha value is -1.11. The number of aromatic hydroxyl groups is 1. The van der Waals surface area contributed by atoms with E-state index >= 15 is 0 Å². The molecule has 0 saturated heterocycles. The lowest BCUT2D eigenvalue weighted by Crippen LogP contribution is -1.78. The number of rotatable bonds is 1. The van der Waals surface area contributed by atoms with E-state index in [1.807, 2.05) is 28.9 Å². The van der Waals surface area contributed by atoms with Crippen molar-refractivity contribution >= 4 is 22.9 Å². The van der Waals surface area contributed by atoms with Crippen LogP contribution in [-0.2, 0) is 0 Å². The number of phenolic OH excluding ortho intramolecular Hbond substituents is 1. The molecule has 0 saturated carbocycles. The number of para-hydroxylation sites is 1. The molecule has 0 atom stereocenters. The average Bonchev–Trinajstić information content (AvgIpc) is 2.53. The summed E-state index contributed by atoms with van der Waals surface area (Å²) in [6.07, 6.45) is 1.75. The van der Waals surface area contributed by atoms with Crippen molar-refractivity contribution in [2.45, 2.75) is 0 Å². The van der Waals surface area contributed by atoms with Crippen LogP contribution in [0, 0.1) is 0 Å². The Morgan fingerprint density at radius 2 is 2.08 bits per heavy atom. The molecule has 1 aromatic heterocycles. The molecule has 0 fully saturated rings. The topological polar surface area (TPSA) is 50.9 Å². The molecular weight excluding hydrogens is 281 g/mol. The van der Waals surface area contributed by atoms with E-state index in [0.29, 0.717) is 11.3 Å². The molecule has 5 heteroatoms. The molecule has 13 heavy (non-hydrogen) atoms. The van der Waals surface area contributed by atoms with Gasteiger partial charge in [-0.3, -0.25) is 0 Å². The molecule has 0 amide bonds. The number of benzene rings is 1. The van der Waals surface area contributed by atoms with Crippen molar-refractivity contribution in [1.29, 1.82) is 0 Å². The van der Waals surface area contributed by atoms with Crippen molar-refractivity contribution in [3.8, 4) is 17.0 Å². The highest BCUT2D eigenvalue weighted by atomic mass is 127. The summed E-state index contributed by atoms with van der Waals surface area (Å²) in [4.78, 5) is 0. The molecule has 1 N–H and O–H groups in total. The first-order valence-corrected chi connectivity index (χ1v) is 4.61. The van der Waals surface area contributed by atoms with E-state index in [1.54, 1.807) is 27.3 Å². The molecule has 0 unspecified atom stereocenters. The highest BCUT2D eigenvalue weighted by molar-refractivity contribution is 14.1. The van der Waals surface area contributed by atoms with Gasteiger partial charge in [-0.1, -0.05) is 17.3 Å². The molecule has 66 valence electrons. The molecule has 1 aromatic carbocycles. The number of hydrogen-bond donors (Lipinski definition) is 1. The molecule has 2 aromatic rings. The summed E-state index contributed by atoms with van der Waals surface area (Å²) in [5.74, 6) is 0.222. The maximum absolute atomic E-state index is 9.49. The Bertz CT molecular complexity index is 427. The van der Waals surface area contributed by atoms with E-state index in [0.717, 1.165) is 0 Å². The minimum absolute atomic E-state index is 0.222. The molecule has 0 spiro atoms. The first-order valence-electron chi connectivity index (χ1n) is 3.64. The quantitative estimate of drug-likeness (QED) is 0.814. The highest BCUT2D eigenvalue weighted by Crippen LogP contribution is 2.26. The second-order valence-corrected chi connectivity index (χ2v) is 3.50. The van der Waals surface area contributed by atoms with Crippen molar-refractivity contribution in [3.63, 3.8) is 0 Å². The SMILES string of the molecule is Oc1ccccc1-c1cn(I)nn1. The van der Waals surface area contributed by atoms with Gasteiger partial charge in [0.1, 0.15) is 11.4 Å². The third kappa shape index (κ3) is 1.64. The lowest BCUT2D eigenvalue weighted by molar-refractivity contribution is 0.477. The zero-order valence-electron chi connectivity index (χ0n) is 6.55. The first kappa shape index (κ1) is 8.49. The van der Waals surface area contributed by atoms with Crippen LogP contribution < -0.4 is 0 Å². The van der Waals surface area contributed by atoms with Gasteiger partial charge in [-0.05, 0) is 12.1 Å². The largest absolute Gasteiger partial charge is 0.507 e. The Morgan fingerprint density at radius 3 is 2.69 bits per heavy atom. The predicted molar refractivity (Wildman–Crippen MR) is 56.5 cm³/mol. The number of phenols is 1. The summed E-state index contributed by atoms with van der Waals surface area (Å²) in [5, 5.41) is 17.2. The van der Waals surface area contributed by atoms with Crippen LogP contribution in [0.5, 0.6) is 5.75 Å². The summed E-state index contributed by atoms with van der Waals surface area (Å²) in [5.41, 5.74) is 1.37. The summed E-state index contributed by atoms with van der Waals surface area (Å²) in [6.45, 7) is 0. The van der Waals surface area contributed by atoms with Gasteiger partial charge >= 0.3 is 0 Å². The van der Waals surface area contributed by atoms with E-state index in [2.05, 4.69) is 10.3 Å². The fourth-order valence-corrected chi connectivity index (χ4v) is 1.42. The van der Waals surface area contributed by atoms with Crippen molar-refractivity contribution < 1.29 is 5.11 Å². The van der Waals surface area contributed by atoms with Gasteiger partial charge < -0.3 is 5.11 Å². The molecule has 0 aliphatic rings. The molecule has 1 heterocycles. The highest BCUT2D eigenvalue weighted by Gasteiger charge is 2.06. The van der Waals surface area contributed by atoms with E-state index in [1.165, 1.54) is 0 Å². The molecule has 0 radical (unpaired) electrons. The minimum atomic E-state index is 0.222. The van der Waals surface area contributed by atoms with Gasteiger partial charge in [0.15, 0.2) is 0 Å². The predicted octanol–water partition coefficient (Wildman–Crippen LogP) is 1.85. The first-order chi connectivity index (χ1) is 6.27. The van der Waals surface area contributed by atoms with E-state index < -0.39 is 0 Å². The molecule has 0 aliphatic heterocycles. The van der Waals surface area contributed by atoms with Crippen LogP contribution in [0.3, 0.4) is 0 Å². The van der Waals surface area contributed by atoms with Gasteiger partial charge in [0.25, 0.3) is 0 Å². The molecule has 2 rings (SSSR count). The standard InChI is InChI=1S/C8H6IN3O/c9-12-5-7(10-11-12)6-3-1-2-4-8(6)13/h1-5,13H. The summed E-state index contributed by atoms with van der Waals surface area (Å²) < 4.78 is 1.57. The number of nitrogens with zero attached hydrogens (tertiary/aromatic N) is 3. The third-order valence-corrected chi connectivity index (χ3v) is 2.12. The Kier molecular flexibility index (Phi) is 2.17. The van der Waals surface area contributed by atoms with Crippen LogP contribution in [0.4, 0.5) is 0 Å². The maximum atomic E-state index is 9.49. The van der Waals surface area contributed by atoms with Gasteiger partial charge in [-0.2, -0.15) is 2.90 Å². The number of aromatic nitrogens is 3. The molecule has 0 aliphatic carbocycles. The van der Waals surface area contributed by atoms with Gasteiger partial charge in [0, 0.05) is 5.56 Å². The second-order valence-electron chi connectivity index (χ2n) is 2.51. The summed E-state index contributed by atoms with van der Waals surface area (Å²) in [6, 6.07) is 7.05. The average molecular weight is 287 g/mol. The van der Waals surface area contributed by atoms with E-state index in [4.69, 9.17) is 0 Å². The lowest BCUT2D eigenvalue weighted by Gasteiger charge is -1.97. The van der Waals surface area contributed by atoms with E-state index in [-0.39, 0.29) is 5.75 Å². The Labute approximate surface area is 88.7 Å². The Morgan fingerprint density at radius 1 is 1.31 bits per heavy atom. The van der Waals surface area contributed by atoms with Crippen LogP contribution >= 0.6 is 22.9 Å². The molecule has 4 nitrogen and oxygen atoms in total. The van der Waals surface area contributed by atoms with Crippen molar-refractivity contribution in [1.82, 2.24) is 13.2 Å². The third-order valence-electron chi connectivity index (χ3n) is 1.65. The smallest absolute Gasteiger partial charge is 0.125 e.